The zero-order valence-electron chi connectivity index (χ0n) is 17.5. The number of nitrogens with zero attached hydrogens (tertiary/aromatic N) is 4. The van der Waals surface area contributed by atoms with Gasteiger partial charge in [0.15, 0.2) is 5.78 Å². The van der Waals surface area contributed by atoms with Crippen molar-refractivity contribution in [3.05, 3.63) is 41.8 Å². The summed E-state index contributed by atoms with van der Waals surface area (Å²) < 4.78 is 14.9. The lowest BCUT2D eigenvalue weighted by Gasteiger charge is -2.34. The molecule has 2 fully saturated rings. The molecular formula is C22H26FN5O3. The average molecular weight is 427 g/mol. The Labute approximate surface area is 179 Å². The van der Waals surface area contributed by atoms with Gasteiger partial charge in [-0.3, -0.25) is 14.4 Å². The molecule has 0 radical (unpaired) electrons. The summed E-state index contributed by atoms with van der Waals surface area (Å²) in [7, 11) is 0. The number of benzene rings is 1. The van der Waals surface area contributed by atoms with E-state index in [0.29, 0.717) is 44.6 Å². The van der Waals surface area contributed by atoms with E-state index in [1.165, 1.54) is 29.9 Å². The van der Waals surface area contributed by atoms with E-state index in [9.17, 15) is 18.8 Å². The normalized spacial score (nSPS) is 19.6. The summed E-state index contributed by atoms with van der Waals surface area (Å²) in [6.07, 6.45) is 3.91. The number of halogens is 1. The van der Waals surface area contributed by atoms with E-state index in [0.717, 1.165) is 6.42 Å². The van der Waals surface area contributed by atoms with Gasteiger partial charge in [-0.15, -0.1) is 0 Å². The number of nitrogen functional groups attached to an aromatic ring is 1. The predicted molar refractivity (Wildman–Crippen MR) is 112 cm³/mol. The number of nitrogens with two attached hydrogens (primary N) is 1. The molecule has 0 unspecified atom stereocenters. The van der Waals surface area contributed by atoms with Crippen molar-refractivity contribution in [3.63, 3.8) is 0 Å². The molecule has 2 aliphatic heterocycles. The molecule has 1 aromatic carbocycles. The lowest BCUT2D eigenvalue weighted by Crippen LogP contribution is -2.47. The van der Waals surface area contributed by atoms with Gasteiger partial charge in [0.1, 0.15) is 11.6 Å². The third-order valence-corrected chi connectivity index (χ3v) is 6.25. The molecule has 8 nitrogen and oxygen atoms in total. The van der Waals surface area contributed by atoms with E-state index < -0.39 is 11.9 Å². The van der Waals surface area contributed by atoms with Crippen molar-refractivity contribution in [1.29, 1.82) is 0 Å². The number of hydrogen-bond donors (Lipinski definition) is 1. The second-order valence-corrected chi connectivity index (χ2v) is 8.17. The first kappa shape index (κ1) is 21.0. The molecule has 2 amide bonds. The molecule has 164 valence electrons. The van der Waals surface area contributed by atoms with Crippen molar-refractivity contribution in [2.45, 2.75) is 38.6 Å². The molecule has 2 N–H and O–H groups in total. The highest BCUT2D eigenvalue weighted by atomic mass is 19.1. The fourth-order valence-electron chi connectivity index (χ4n) is 4.52. The number of ketones is 1. The summed E-state index contributed by atoms with van der Waals surface area (Å²) in [6, 6.07) is 5.22. The lowest BCUT2D eigenvalue weighted by atomic mass is 9.94. The van der Waals surface area contributed by atoms with Gasteiger partial charge in [0.25, 0.3) is 0 Å². The van der Waals surface area contributed by atoms with Crippen molar-refractivity contribution in [1.82, 2.24) is 19.6 Å². The van der Waals surface area contributed by atoms with Crippen LogP contribution in [-0.2, 0) is 9.59 Å². The van der Waals surface area contributed by atoms with Crippen molar-refractivity contribution < 1.29 is 18.8 Å². The molecule has 0 spiro atoms. The van der Waals surface area contributed by atoms with Crippen LogP contribution in [0.15, 0.2) is 30.5 Å². The lowest BCUT2D eigenvalue weighted by molar-refractivity contribution is -0.140. The van der Waals surface area contributed by atoms with E-state index in [1.807, 2.05) is 0 Å². The number of carbonyl (C=O) groups excluding carboxylic acids is 3. The molecule has 9 heteroatoms. The summed E-state index contributed by atoms with van der Waals surface area (Å²) in [5.74, 6) is -0.738. The number of piperidine rings is 1. The van der Waals surface area contributed by atoms with E-state index in [2.05, 4.69) is 5.10 Å². The standard InChI is InChI=1S/C22H26FN5O3/c1-14(29)26-10-7-15(8-11-26)22(31)27-9-3-6-19(27)20(30)18-13-25-28(21(18)24)17-5-2-4-16(23)12-17/h2,4-5,12-13,15,19H,3,6-11,24H2,1H3/t19-/m1/s1. The van der Waals surface area contributed by atoms with Crippen LogP contribution in [0.25, 0.3) is 5.69 Å². The molecule has 4 rings (SSSR count). The van der Waals surface area contributed by atoms with Crippen LogP contribution in [0.3, 0.4) is 0 Å². The SMILES string of the molecule is CC(=O)N1CCC(C(=O)N2CCC[C@@H]2C(=O)c2cnn(-c3cccc(F)c3)c2N)CC1. The van der Waals surface area contributed by atoms with Crippen LogP contribution in [0.1, 0.15) is 43.0 Å². The number of anilines is 1. The van der Waals surface area contributed by atoms with Gasteiger partial charge in [-0.2, -0.15) is 5.10 Å². The topological polar surface area (TPSA) is 102 Å². The van der Waals surface area contributed by atoms with Crippen LogP contribution < -0.4 is 5.73 Å². The maximum atomic E-state index is 13.6. The molecule has 0 bridgehead atoms. The van der Waals surface area contributed by atoms with Gasteiger partial charge in [-0.25, -0.2) is 9.07 Å². The fourth-order valence-corrected chi connectivity index (χ4v) is 4.52. The van der Waals surface area contributed by atoms with Crippen molar-refractivity contribution in [3.8, 4) is 5.69 Å². The quantitative estimate of drug-likeness (QED) is 0.753. The number of carbonyl (C=O) groups is 3. The first-order valence-electron chi connectivity index (χ1n) is 10.6. The van der Waals surface area contributed by atoms with Crippen molar-refractivity contribution >= 4 is 23.4 Å². The number of likely N-dealkylation sites (tertiary alicyclic amines) is 2. The molecule has 1 atom stereocenters. The van der Waals surface area contributed by atoms with Gasteiger partial charge in [-0.05, 0) is 43.9 Å². The van der Waals surface area contributed by atoms with Crippen LogP contribution in [0.5, 0.6) is 0 Å². The van der Waals surface area contributed by atoms with Crippen LogP contribution >= 0.6 is 0 Å². The number of Topliss-reactive ketones (excluding diaryl/α,β-unsaturated/α-hetero) is 1. The number of amides is 2. The van der Waals surface area contributed by atoms with E-state index in [1.54, 1.807) is 21.9 Å². The molecule has 2 aliphatic rings. The second-order valence-electron chi connectivity index (χ2n) is 8.17. The van der Waals surface area contributed by atoms with E-state index in [-0.39, 0.29) is 34.9 Å². The molecule has 31 heavy (non-hydrogen) atoms. The predicted octanol–water partition coefficient (Wildman–Crippen LogP) is 2.03. The first-order valence-corrected chi connectivity index (χ1v) is 10.6. The summed E-state index contributed by atoms with van der Waals surface area (Å²) in [4.78, 5) is 41.4. The van der Waals surface area contributed by atoms with E-state index >= 15 is 0 Å². The average Bonchev–Trinajstić information content (AvgIpc) is 3.40. The van der Waals surface area contributed by atoms with Crippen LogP contribution in [0.4, 0.5) is 10.2 Å². The summed E-state index contributed by atoms with van der Waals surface area (Å²) in [6.45, 7) is 3.18. The van der Waals surface area contributed by atoms with Gasteiger partial charge in [0, 0.05) is 32.5 Å². The molecular weight excluding hydrogens is 401 g/mol. The largest absolute Gasteiger partial charge is 0.383 e. The first-order chi connectivity index (χ1) is 14.9. The van der Waals surface area contributed by atoms with Crippen LogP contribution in [0.2, 0.25) is 0 Å². The Morgan fingerprint density at radius 2 is 1.87 bits per heavy atom. The van der Waals surface area contributed by atoms with Gasteiger partial charge >= 0.3 is 0 Å². The fraction of sp³-hybridized carbons (Fsp3) is 0.455. The number of rotatable bonds is 4. The third kappa shape index (κ3) is 4.04. The molecule has 0 aliphatic carbocycles. The maximum Gasteiger partial charge on any atom is 0.226 e. The van der Waals surface area contributed by atoms with Gasteiger partial charge in [0.2, 0.25) is 11.8 Å². The minimum absolute atomic E-state index is 0.0194. The Morgan fingerprint density at radius 3 is 2.55 bits per heavy atom. The minimum Gasteiger partial charge on any atom is -0.383 e. The Balaban J connectivity index is 1.50. The Bertz CT molecular complexity index is 1010. The monoisotopic (exact) mass is 427 g/mol. The summed E-state index contributed by atoms with van der Waals surface area (Å²) in [5.41, 5.74) is 6.84. The van der Waals surface area contributed by atoms with Crippen molar-refractivity contribution in [2.24, 2.45) is 5.92 Å². The Kier molecular flexibility index (Phi) is 5.75. The Hall–Kier alpha value is -3.23. The van der Waals surface area contributed by atoms with Gasteiger partial charge in [-0.1, -0.05) is 6.07 Å². The zero-order valence-corrected chi connectivity index (χ0v) is 17.5. The Morgan fingerprint density at radius 1 is 1.13 bits per heavy atom. The number of aromatic nitrogens is 2. The maximum absolute atomic E-state index is 13.6. The van der Waals surface area contributed by atoms with Gasteiger partial charge in [0.05, 0.1) is 23.5 Å². The highest BCUT2D eigenvalue weighted by Crippen LogP contribution is 2.29. The van der Waals surface area contributed by atoms with E-state index in [4.69, 9.17) is 5.73 Å². The van der Waals surface area contributed by atoms with Crippen LogP contribution in [-0.4, -0.2) is 62.9 Å². The number of hydrogen-bond acceptors (Lipinski definition) is 5. The molecule has 1 aromatic heterocycles. The van der Waals surface area contributed by atoms with Crippen molar-refractivity contribution in [2.75, 3.05) is 25.4 Å². The van der Waals surface area contributed by atoms with Crippen LogP contribution in [0, 0.1) is 11.7 Å². The molecule has 2 saturated heterocycles. The zero-order chi connectivity index (χ0) is 22.1. The third-order valence-electron chi connectivity index (χ3n) is 6.25. The minimum atomic E-state index is -0.578. The molecule has 3 heterocycles. The second kappa shape index (κ2) is 8.49. The molecule has 0 saturated carbocycles. The smallest absolute Gasteiger partial charge is 0.226 e. The summed E-state index contributed by atoms with van der Waals surface area (Å²) in [5, 5.41) is 4.17. The van der Waals surface area contributed by atoms with Gasteiger partial charge < -0.3 is 15.5 Å². The summed E-state index contributed by atoms with van der Waals surface area (Å²) >= 11 is 0. The molecule has 2 aromatic rings. The highest BCUT2D eigenvalue weighted by Gasteiger charge is 2.39. The highest BCUT2D eigenvalue weighted by molar-refractivity contribution is 6.05.